The van der Waals surface area contributed by atoms with Crippen LogP contribution in [0.3, 0.4) is 0 Å². The first-order valence-electron chi connectivity index (χ1n) is 9.63. The van der Waals surface area contributed by atoms with Gasteiger partial charge in [0.15, 0.2) is 0 Å². The van der Waals surface area contributed by atoms with Crippen LogP contribution in [0.25, 0.3) is 5.69 Å². The second kappa shape index (κ2) is 7.98. The third kappa shape index (κ3) is 3.70. The normalized spacial score (nSPS) is 16.2. The van der Waals surface area contributed by atoms with Crippen molar-refractivity contribution in [2.75, 3.05) is 13.1 Å². The molecule has 0 bridgehead atoms. The van der Waals surface area contributed by atoms with Crippen molar-refractivity contribution in [1.29, 1.82) is 0 Å². The average Bonchev–Trinajstić information content (AvgIpc) is 3.36. The number of likely N-dealkylation sites (tertiary alicyclic amines) is 1. The van der Waals surface area contributed by atoms with Gasteiger partial charge in [0, 0.05) is 13.0 Å². The van der Waals surface area contributed by atoms with Gasteiger partial charge in [0.1, 0.15) is 12.4 Å². The smallest absolute Gasteiger partial charge is 0.257 e. The summed E-state index contributed by atoms with van der Waals surface area (Å²) < 4.78 is 21.8. The van der Waals surface area contributed by atoms with Crippen LogP contribution in [0.15, 0.2) is 42.9 Å². The molecule has 1 aliphatic rings. The van der Waals surface area contributed by atoms with Crippen molar-refractivity contribution in [3.63, 3.8) is 0 Å². The number of para-hydroxylation sites is 1. The molecule has 8 heteroatoms. The molecular weight excluding hydrogens is 373 g/mol. The lowest BCUT2D eigenvalue weighted by Crippen LogP contribution is -2.31. The number of ether oxygens (including phenoxy) is 1. The Morgan fingerprint density at radius 2 is 2.07 bits per heavy atom. The van der Waals surface area contributed by atoms with E-state index >= 15 is 0 Å². The SMILES string of the molecule is CCc1ncnc(O[C@@H]2CCN(C(=O)c3cnn(-c4ccccc4)c3C)C2)c1F. The lowest BCUT2D eigenvalue weighted by Gasteiger charge is -2.17. The molecule has 0 N–H and O–H groups in total. The molecular formula is C21H22FN5O2. The van der Waals surface area contributed by atoms with Gasteiger partial charge in [-0.05, 0) is 25.5 Å². The van der Waals surface area contributed by atoms with E-state index in [0.29, 0.717) is 37.2 Å². The summed E-state index contributed by atoms with van der Waals surface area (Å²) in [5.74, 6) is -0.683. The van der Waals surface area contributed by atoms with E-state index in [1.807, 2.05) is 44.2 Å². The Hall–Kier alpha value is -3.29. The number of nitrogens with zero attached hydrogens (tertiary/aromatic N) is 5. The number of halogens is 1. The van der Waals surface area contributed by atoms with E-state index in [-0.39, 0.29) is 17.9 Å². The third-order valence-corrected chi connectivity index (χ3v) is 5.12. The van der Waals surface area contributed by atoms with Gasteiger partial charge in [-0.15, -0.1) is 0 Å². The third-order valence-electron chi connectivity index (χ3n) is 5.12. The van der Waals surface area contributed by atoms with Crippen molar-refractivity contribution in [2.45, 2.75) is 32.8 Å². The fraction of sp³-hybridized carbons (Fsp3) is 0.333. The number of hydrogen-bond acceptors (Lipinski definition) is 5. The van der Waals surface area contributed by atoms with Crippen LogP contribution in [0.4, 0.5) is 4.39 Å². The number of rotatable bonds is 5. The zero-order valence-corrected chi connectivity index (χ0v) is 16.4. The summed E-state index contributed by atoms with van der Waals surface area (Å²) >= 11 is 0. The molecule has 3 aromatic rings. The molecule has 1 aliphatic heterocycles. The maximum absolute atomic E-state index is 14.3. The summed E-state index contributed by atoms with van der Waals surface area (Å²) in [6.45, 7) is 4.61. The number of benzene rings is 1. The van der Waals surface area contributed by atoms with Gasteiger partial charge in [0.05, 0.1) is 35.4 Å². The van der Waals surface area contributed by atoms with Gasteiger partial charge >= 0.3 is 0 Å². The summed E-state index contributed by atoms with van der Waals surface area (Å²) in [5.41, 5.74) is 2.55. The highest BCUT2D eigenvalue weighted by Crippen LogP contribution is 2.23. The van der Waals surface area contributed by atoms with Crippen molar-refractivity contribution in [1.82, 2.24) is 24.6 Å². The molecule has 2 aromatic heterocycles. The molecule has 1 aromatic carbocycles. The maximum atomic E-state index is 14.3. The number of amides is 1. The highest BCUT2D eigenvalue weighted by Gasteiger charge is 2.31. The Balaban J connectivity index is 1.46. The van der Waals surface area contributed by atoms with Crippen LogP contribution in [0.1, 0.15) is 35.1 Å². The van der Waals surface area contributed by atoms with Gasteiger partial charge in [-0.3, -0.25) is 4.79 Å². The molecule has 0 radical (unpaired) electrons. The van der Waals surface area contributed by atoms with Gasteiger partial charge in [0.25, 0.3) is 11.8 Å². The largest absolute Gasteiger partial charge is 0.470 e. The zero-order chi connectivity index (χ0) is 20.4. The lowest BCUT2D eigenvalue weighted by molar-refractivity contribution is 0.0769. The van der Waals surface area contributed by atoms with Crippen molar-refractivity contribution in [3.05, 3.63) is 65.6 Å². The number of aryl methyl sites for hydroxylation is 1. The lowest BCUT2D eigenvalue weighted by atomic mass is 10.2. The van der Waals surface area contributed by atoms with Gasteiger partial charge < -0.3 is 9.64 Å². The molecule has 1 saturated heterocycles. The summed E-state index contributed by atoms with van der Waals surface area (Å²) in [5, 5.41) is 4.37. The molecule has 29 heavy (non-hydrogen) atoms. The van der Waals surface area contributed by atoms with Gasteiger partial charge in [-0.2, -0.15) is 14.5 Å². The summed E-state index contributed by atoms with van der Waals surface area (Å²) in [6, 6.07) is 9.67. The van der Waals surface area contributed by atoms with Gasteiger partial charge in [-0.1, -0.05) is 25.1 Å². The number of carbonyl (C=O) groups is 1. The standard InChI is InChI=1S/C21H22FN5O2/c1-3-18-19(22)20(24-13-23-18)29-16-9-10-26(12-16)21(28)17-11-25-27(14(17)2)15-7-5-4-6-8-15/h4-8,11,13,16H,3,9-10,12H2,1-2H3/t16-/m1/s1. The molecule has 4 rings (SSSR count). The van der Waals surface area contributed by atoms with Crippen LogP contribution < -0.4 is 4.74 Å². The minimum Gasteiger partial charge on any atom is -0.470 e. The van der Waals surface area contributed by atoms with Crippen LogP contribution in [0.5, 0.6) is 5.88 Å². The van der Waals surface area contributed by atoms with Crippen molar-refractivity contribution in [2.24, 2.45) is 0 Å². The number of carbonyl (C=O) groups excluding carboxylic acids is 1. The van der Waals surface area contributed by atoms with Crippen molar-refractivity contribution in [3.8, 4) is 11.6 Å². The topological polar surface area (TPSA) is 73.1 Å². The van der Waals surface area contributed by atoms with E-state index in [4.69, 9.17) is 4.74 Å². The van der Waals surface area contributed by atoms with Crippen LogP contribution in [0, 0.1) is 12.7 Å². The average molecular weight is 395 g/mol. The minimum atomic E-state index is -0.528. The van der Waals surface area contributed by atoms with E-state index in [9.17, 15) is 9.18 Å². The Bertz CT molecular complexity index is 1020. The van der Waals surface area contributed by atoms with Crippen LogP contribution in [0.2, 0.25) is 0 Å². The summed E-state index contributed by atoms with van der Waals surface area (Å²) in [4.78, 5) is 22.5. The molecule has 0 unspecified atom stereocenters. The molecule has 150 valence electrons. The van der Waals surface area contributed by atoms with Crippen molar-refractivity contribution < 1.29 is 13.9 Å². The number of aromatic nitrogens is 4. The van der Waals surface area contributed by atoms with E-state index in [1.54, 1.807) is 15.8 Å². The molecule has 0 aliphatic carbocycles. The van der Waals surface area contributed by atoms with Crippen molar-refractivity contribution >= 4 is 5.91 Å². The molecule has 3 heterocycles. The fourth-order valence-corrected chi connectivity index (χ4v) is 3.50. The zero-order valence-electron chi connectivity index (χ0n) is 16.4. The Morgan fingerprint density at radius 1 is 1.28 bits per heavy atom. The van der Waals surface area contributed by atoms with E-state index in [2.05, 4.69) is 15.1 Å². The predicted molar refractivity (Wildman–Crippen MR) is 105 cm³/mol. The summed E-state index contributed by atoms with van der Waals surface area (Å²) in [6.07, 6.45) is 3.66. The van der Waals surface area contributed by atoms with E-state index < -0.39 is 5.82 Å². The van der Waals surface area contributed by atoms with Gasteiger partial charge in [0.2, 0.25) is 5.82 Å². The second-order valence-corrected chi connectivity index (χ2v) is 6.96. The second-order valence-electron chi connectivity index (χ2n) is 6.96. The first kappa shape index (κ1) is 19.0. The van der Waals surface area contributed by atoms with Crippen LogP contribution in [-0.4, -0.2) is 49.7 Å². The van der Waals surface area contributed by atoms with E-state index in [0.717, 1.165) is 11.4 Å². The fourth-order valence-electron chi connectivity index (χ4n) is 3.50. The first-order valence-corrected chi connectivity index (χ1v) is 9.63. The molecule has 1 atom stereocenters. The molecule has 0 saturated carbocycles. The molecule has 1 fully saturated rings. The Kier molecular flexibility index (Phi) is 5.24. The highest BCUT2D eigenvalue weighted by molar-refractivity contribution is 5.95. The van der Waals surface area contributed by atoms with E-state index in [1.165, 1.54) is 6.33 Å². The summed E-state index contributed by atoms with van der Waals surface area (Å²) in [7, 11) is 0. The quantitative estimate of drug-likeness (QED) is 0.664. The monoisotopic (exact) mass is 395 g/mol. The highest BCUT2D eigenvalue weighted by atomic mass is 19.1. The Morgan fingerprint density at radius 3 is 2.83 bits per heavy atom. The molecule has 1 amide bonds. The van der Waals surface area contributed by atoms with Gasteiger partial charge in [-0.25, -0.2) is 9.67 Å². The predicted octanol–water partition coefficient (Wildman–Crippen LogP) is 2.97. The molecule has 7 nitrogen and oxygen atoms in total. The molecule has 0 spiro atoms. The minimum absolute atomic E-state index is 0.0516. The number of hydrogen-bond donors (Lipinski definition) is 0. The maximum Gasteiger partial charge on any atom is 0.257 e. The first-order chi connectivity index (χ1) is 14.1. The Labute approximate surface area is 168 Å². The van der Waals surface area contributed by atoms with Crippen LogP contribution >= 0.6 is 0 Å². The van der Waals surface area contributed by atoms with Crippen LogP contribution in [-0.2, 0) is 6.42 Å².